The van der Waals surface area contributed by atoms with Crippen molar-refractivity contribution in [2.75, 3.05) is 0 Å². The fraction of sp³-hybridized carbons (Fsp3) is 0.286. The van der Waals surface area contributed by atoms with Crippen molar-refractivity contribution in [3.63, 3.8) is 0 Å². The first-order chi connectivity index (χ1) is 8.47. The normalized spacial score (nSPS) is 12.9. The number of rotatable bonds is 2. The van der Waals surface area contributed by atoms with E-state index < -0.39 is 11.9 Å². The predicted molar refractivity (Wildman–Crippen MR) is 66.7 cm³/mol. The second kappa shape index (κ2) is 5.87. The van der Waals surface area contributed by atoms with Crippen molar-refractivity contribution < 1.29 is 19.8 Å². The molecule has 0 saturated heterocycles. The van der Waals surface area contributed by atoms with E-state index in [9.17, 15) is 9.59 Å². The van der Waals surface area contributed by atoms with Crippen LogP contribution in [0.5, 0.6) is 0 Å². The third kappa shape index (κ3) is 3.63. The predicted octanol–water partition coefficient (Wildman–Crippen LogP) is 2.42. The van der Waals surface area contributed by atoms with Crippen LogP contribution in [0.1, 0.15) is 39.1 Å². The summed E-state index contributed by atoms with van der Waals surface area (Å²) in [5.41, 5.74) is 0.335. The summed E-state index contributed by atoms with van der Waals surface area (Å²) >= 11 is 0. The van der Waals surface area contributed by atoms with Gasteiger partial charge in [-0.3, -0.25) is 0 Å². The van der Waals surface area contributed by atoms with Crippen molar-refractivity contribution in [2.24, 2.45) is 5.92 Å². The summed E-state index contributed by atoms with van der Waals surface area (Å²) in [6, 6.07) is 4.17. The third-order valence-corrected chi connectivity index (χ3v) is 2.61. The number of aromatic carboxylic acids is 2. The van der Waals surface area contributed by atoms with Gasteiger partial charge in [0.2, 0.25) is 0 Å². The summed E-state index contributed by atoms with van der Waals surface area (Å²) < 4.78 is 0. The van der Waals surface area contributed by atoms with Crippen LogP contribution >= 0.6 is 0 Å². The smallest absolute Gasteiger partial charge is 0.335 e. The highest BCUT2D eigenvalue weighted by atomic mass is 16.4. The number of benzene rings is 1. The van der Waals surface area contributed by atoms with Gasteiger partial charge < -0.3 is 10.2 Å². The van der Waals surface area contributed by atoms with E-state index in [-0.39, 0.29) is 16.7 Å². The number of carboxylic acid groups (broad SMARTS) is 2. The molecule has 0 radical (unpaired) electrons. The van der Waals surface area contributed by atoms with E-state index >= 15 is 0 Å². The molecule has 0 heterocycles. The van der Waals surface area contributed by atoms with Crippen LogP contribution in [-0.4, -0.2) is 22.2 Å². The number of hydrogen-bond donors (Lipinski definition) is 2. The first kappa shape index (κ1) is 13.8. The zero-order valence-electron chi connectivity index (χ0n) is 10.0. The van der Waals surface area contributed by atoms with Crippen molar-refractivity contribution in [3.8, 4) is 12.3 Å². The second-order valence-electron chi connectivity index (χ2n) is 4.03. The van der Waals surface area contributed by atoms with Gasteiger partial charge in [0.15, 0.2) is 0 Å². The van der Waals surface area contributed by atoms with E-state index in [4.69, 9.17) is 16.6 Å². The summed E-state index contributed by atoms with van der Waals surface area (Å²) in [5, 5.41) is 17.4. The Labute approximate surface area is 105 Å². The van der Waals surface area contributed by atoms with Gasteiger partial charge in [0, 0.05) is 5.92 Å². The first-order valence-corrected chi connectivity index (χ1v) is 5.49. The standard InChI is InChI=1S/C9H8O4.C5H6/c1-5-6(8(10)11)3-2-4-7(5)9(12)13;1-2-5-3-4-5/h2-4H,1H3,(H,10,11)(H,12,13);1,5H,3-4H2. The van der Waals surface area contributed by atoms with Crippen molar-refractivity contribution in [2.45, 2.75) is 19.8 Å². The Kier molecular flexibility index (Phi) is 4.50. The maximum absolute atomic E-state index is 10.6. The SMILES string of the molecule is C#CC1CC1.Cc1c(C(=O)O)cccc1C(=O)O. The summed E-state index contributed by atoms with van der Waals surface area (Å²) in [4.78, 5) is 21.2. The molecule has 2 N–H and O–H groups in total. The monoisotopic (exact) mass is 246 g/mol. The van der Waals surface area contributed by atoms with Gasteiger partial charge >= 0.3 is 11.9 Å². The minimum Gasteiger partial charge on any atom is -0.478 e. The van der Waals surface area contributed by atoms with Crippen LogP contribution in [-0.2, 0) is 0 Å². The van der Waals surface area contributed by atoms with Crippen LogP contribution in [0.15, 0.2) is 18.2 Å². The third-order valence-electron chi connectivity index (χ3n) is 2.61. The largest absolute Gasteiger partial charge is 0.478 e. The lowest BCUT2D eigenvalue weighted by molar-refractivity contribution is 0.0696. The van der Waals surface area contributed by atoms with Gasteiger partial charge in [0.1, 0.15) is 0 Å². The van der Waals surface area contributed by atoms with E-state index in [0.29, 0.717) is 5.92 Å². The summed E-state index contributed by atoms with van der Waals surface area (Å²) in [7, 11) is 0. The van der Waals surface area contributed by atoms with Crippen molar-refractivity contribution in [1.82, 2.24) is 0 Å². The molecular formula is C14H14O4. The van der Waals surface area contributed by atoms with E-state index in [1.807, 2.05) is 0 Å². The molecule has 0 atom stereocenters. The molecule has 0 bridgehead atoms. The molecule has 0 spiro atoms. The quantitative estimate of drug-likeness (QED) is 0.786. The van der Waals surface area contributed by atoms with Crippen LogP contribution in [0.4, 0.5) is 0 Å². The van der Waals surface area contributed by atoms with Crippen LogP contribution in [0.2, 0.25) is 0 Å². The number of carboxylic acids is 2. The van der Waals surface area contributed by atoms with E-state index in [1.54, 1.807) is 0 Å². The fourth-order valence-electron chi connectivity index (χ4n) is 1.35. The molecule has 0 amide bonds. The highest BCUT2D eigenvalue weighted by Gasteiger charge is 2.16. The van der Waals surface area contributed by atoms with Gasteiger partial charge in [-0.2, -0.15) is 0 Å². The number of carbonyl (C=O) groups is 2. The average molecular weight is 246 g/mol. The minimum absolute atomic E-state index is 0.0277. The molecule has 0 unspecified atom stereocenters. The Bertz CT molecular complexity index is 475. The zero-order valence-corrected chi connectivity index (χ0v) is 10.0. The molecule has 0 aromatic heterocycles. The summed E-state index contributed by atoms with van der Waals surface area (Å²) in [6.45, 7) is 1.48. The van der Waals surface area contributed by atoms with Gasteiger partial charge in [-0.05, 0) is 37.5 Å². The minimum atomic E-state index is -1.11. The molecular weight excluding hydrogens is 232 g/mol. The van der Waals surface area contributed by atoms with E-state index in [2.05, 4.69) is 5.92 Å². The van der Waals surface area contributed by atoms with Gasteiger partial charge in [-0.25, -0.2) is 9.59 Å². The maximum Gasteiger partial charge on any atom is 0.335 e. The Morgan fingerprint density at radius 2 is 1.67 bits per heavy atom. The first-order valence-electron chi connectivity index (χ1n) is 5.49. The molecule has 1 aliphatic carbocycles. The Hall–Kier alpha value is -2.28. The van der Waals surface area contributed by atoms with Gasteiger partial charge in [-0.1, -0.05) is 6.07 Å². The number of terminal acetylenes is 1. The summed E-state index contributed by atoms with van der Waals surface area (Å²) in [5.74, 6) is 1.08. The molecule has 94 valence electrons. The molecule has 1 aliphatic rings. The van der Waals surface area contributed by atoms with Crippen molar-refractivity contribution in [3.05, 3.63) is 34.9 Å². The van der Waals surface area contributed by atoms with Gasteiger partial charge in [-0.15, -0.1) is 12.3 Å². The summed E-state index contributed by atoms with van der Waals surface area (Å²) in [6.07, 6.45) is 7.53. The molecule has 4 nitrogen and oxygen atoms in total. The Morgan fingerprint density at radius 1 is 1.22 bits per heavy atom. The molecule has 1 aromatic rings. The van der Waals surface area contributed by atoms with Gasteiger partial charge in [0.05, 0.1) is 11.1 Å². The zero-order chi connectivity index (χ0) is 13.7. The van der Waals surface area contributed by atoms with Crippen molar-refractivity contribution >= 4 is 11.9 Å². The van der Waals surface area contributed by atoms with Crippen LogP contribution in [0, 0.1) is 25.2 Å². The highest BCUT2D eigenvalue weighted by molar-refractivity contribution is 5.96. The lowest BCUT2D eigenvalue weighted by Crippen LogP contribution is -2.06. The van der Waals surface area contributed by atoms with E-state index in [1.165, 1.54) is 38.0 Å². The van der Waals surface area contributed by atoms with Crippen LogP contribution < -0.4 is 0 Å². The molecule has 2 rings (SSSR count). The molecule has 18 heavy (non-hydrogen) atoms. The molecule has 1 fully saturated rings. The Balaban J connectivity index is 0.000000269. The van der Waals surface area contributed by atoms with Crippen LogP contribution in [0.25, 0.3) is 0 Å². The average Bonchev–Trinajstić information content (AvgIpc) is 3.12. The van der Waals surface area contributed by atoms with Crippen molar-refractivity contribution in [1.29, 1.82) is 0 Å². The Morgan fingerprint density at radius 3 is 1.89 bits per heavy atom. The molecule has 0 aliphatic heterocycles. The van der Waals surface area contributed by atoms with Crippen LogP contribution in [0.3, 0.4) is 0 Å². The number of hydrogen-bond acceptors (Lipinski definition) is 2. The molecule has 1 saturated carbocycles. The van der Waals surface area contributed by atoms with Gasteiger partial charge in [0.25, 0.3) is 0 Å². The maximum atomic E-state index is 10.6. The topological polar surface area (TPSA) is 74.6 Å². The fourth-order valence-corrected chi connectivity index (χ4v) is 1.35. The molecule has 4 heteroatoms. The molecule has 1 aromatic carbocycles. The lowest BCUT2D eigenvalue weighted by atomic mass is 10.0. The highest BCUT2D eigenvalue weighted by Crippen LogP contribution is 2.26. The lowest BCUT2D eigenvalue weighted by Gasteiger charge is -2.03. The van der Waals surface area contributed by atoms with E-state index in [0.717, 1.165) is 0 Å². The second-order valence-corrected chi connectivity index (χ2v) is 4.03.